The maximum Gasteiger partial charge on any atom is 0.302 e. The third-order valence-corrected chi connectivity index (χ3v) is 12.4. The predicted molar refractivity (Wildman–Crippen MR) is 122 cm³/mol. The summed E-state index contributed by atoms with van der Waals surface area (Å²) in [4.78, 5) is 11.8. The van der Waals surface area contributed by atoms with Crippen molar-refractivity contribution in [3.8, 4) is 0 Å². The first-order valence-electron chi connectivity index (χ1n) is 12.8. The van der Waals surface area contributed by atoms with Gasteiger partial charge in [-0.25, -0.2) is 0 Å². The summed E-state index contributed by atoms with van der Waals surface area (Å²) in [6.45, 7) is 16.4. The Morgan fingerprint density at radius 3 is 2.17 bits per heavy atom. The molecule has 0 N–H and O–H groups in total. The summed E-state index contributed by atoms with van der Waals surface area (Å²) in [5.74, 6) is 2.31. The number of rotatable bonds is 2. The highest BCUT2D eigenvalue weighted by atomic mass is 16.5. The first-order chi connectivity index (χ1) is 14.0. The van der Waals surface area contributed by atoms with Crippen LogP contribution in [0.1, 0.15) is 106 Å². The molecule has 0 saturated heterocycles. The molecule has 0 aliphatic heterocycles. The van der Waals surface area contributed by atoms with E-state index in [0.717, 1.165) is 24.2 Å². The number of esters is 1. The van der Waals surface area contributed by atoms with Gasteiger partial charge in [-0.3, -0.25) is 4.79 Å². The Bertz CT molecular complexity index is 794. The SMILES string of the molecule is CC=C(C)[C@H]1CC[C@@]2(C)C3CCC4C(C)(C)[C@@H](OC(C)=O)CC[C@@]45C[C@@]35CC[C@]12C. The third kappa shape index (κ3) is 2.25. The van der Waals surface area contributed by atoms with E-state index >= 15 is 0 Å². The molecule has 5 aliphatic rings. The minimum Gasteiger partial charge on any atom is -0.462 e. The minimum absolute atomic E-state index is 0.0967. The fraction of sp³-hybridized carbons (Fsp3) is 0.893. The van der Waals surface area contributed by atoms with Crippen LogP contribution in [-0.2, 0) is 9.53 Å². The van der Waals surface area contributed by atoms with Crippen molar-refractivity contribution < 1.29 is 9.53 Å². The standard InChI is InChI=1S/C28H44O2/c1-8-18(2)20-11-13-26(7)22-10-9-21-24(4,5)23(30-19(3)29)12-14-27(21)17-28(22,27)16-15-25(20,26)6/h8,20-23H,9-17H2,1-7H3/t20-,21?,22?,23+,25-,26+,27-,28+/m1/s1. The van der Waals surface area contributed by atoms with E-state index in [1.165, 1.54) is 51.4 Å². The number of hydrogen-bond donors (Lipinski definition) is 0. The van der Waals surface area contributed by atoms with Gasteiger partial charge in [0.1, 0.15) is 6.10 Å². The zero-order chi connectivity index (χ0) is 21.7. The van der Waals surface area contributed by atoms with Gasteiger partial charge in [0.05, 0.1) is 0 Å². The van der Waals surface area contributed by atoms with Crippen LogP contribution in [-0.4, -0.2) is 12.1 Å². The molecule has 5 fully saturated rings. The molecule has 0 aromatic heterocycles. The monoisotopic (exact) mass is 412 g/mol. The van der Waals surface area contributed by atoms with Crippen LogP contribution in [0.15, 0.2) is 11.6 Å². The van der Waals surface area contributed by atoms with E-state index in [9.17, 15) is 4.79 Å². The van der Waals surface area contributed by atoms with Gasteiger partial charge in [-0.05, 0) is 111 Å². The zero-order valence-electron chi connectivity index (χ0n) is 20.6. The molecule has 0 bridgehead atoms. The number of allylic oxidation sites excluding steroid dienone is 2. The average Bonchev–Trinajstić information content (AvgIpc) is 3.26. The van der Waals surface area contributed by atoms with Crippen LogP contribution in [0.25, 0.3) is 0 Å². The van der Waals surface area contributed by atoms with Gasteiger partial charge in [-0.15, -0.1) is 0 Å². The van der Waals surface area contributed by atoms with E-state index in [1.54, 1.807) is 12.5 Å². The number of hydrogen-bond acceptors (Lipinski definition) is 2. The molecule has 2 spiro atoms. The van der Waals surface area contributed by atoms with Crippen molar-refractivity contribution in [1.82, 2.24) is 0 Å². The van der Waals surface area contributed by atoms with Gasteiger partial charge in [-0.2, -0.15) is 0 Å². The van der Waals surface area contributed by atoms with Crippen LogP contribution in [0, 0.1) is 44.8 Å². The van der Waals surface area contributed by atoms with Gasteiger partial charge in [0.15, 0.2) is 0 Å². The molecule has 5 saturated carbocycles. The maximum atomic E-state index is 11.8. The van der Waals surface area contributed by atoms with Crippen molar-refractivity contribution in [3.63, 3.8) is 0 Å². The second kappa shape index (κ2) is 6.16. The molecule has 0 aromatic carbocycles. The lowest BCUT2D eigenvalue weighted by molar-refractivity contribution is -0.179. The van der Waals surface area contributed by atoms with E-state index in [1.807, 2.05) is 0 Å². The lowest BCUT2D eigenvalue weighted by Crippen LogP contribution is -2.57. The molecule has 5 aliphatic carbocycles. The summed E-state index contributed by atoms with van der Waals surface area (Å²) in [5.41, 5.74) is 3.83. The fourth-order valence-corrected chi connectivity index (χ4v) is 10.7. The smallest absolute Gasteiger partial charge is 0.302 e. The van der Waals surface area contributed by atoms with E-state index in [4.69, 9.17) is 4.74 Å². The second-order valence-corrected chi connectivity index (χ2v) is 13.1. The van der Waals surface area contributed by atoms with Crippen molar-refractivity contribution in [2.75, 3.05) is 0 Å². The minimum atomic E-state index is -0.0967. The molecule has 5 rings (SSSR count). The first-order valence-corrected chi connectivity index (χ1v) is 12.8. The van der Waals surface area contributed by atoms with Crippen molar-refractivity contribution in [3.05, 3.63) is 11.6 Å². The lowest BCUT2D eigenvalue weighted by atomic mass is 9.42. The highest BCUT2D eigenvalue weighted by Gasteiger charge is 2.82. The van der Waals surface area contributed by atoms with Gasteiger partial charge in [0.25, 0.3) is 0 Å². The summed E-state index contributed by atoms with van der Waals surface area (Å²) in [6, 6.07) is 0. The third-order valence-electron chi connectivity index (χ3n) is 12.4. The topological polar surface area (TPSA) is 26.3 Å². The molecule has 0 radical (unpaired) electrons. The Morgan fingerprint density at radius 1 is 0.833 bits per heavy atom. The van der Waals surface area contributed by atoms with Gasteiger partial charge < -0.3 is 4.74 Å². The molecule has 2 heteroatoms. The predicted octanol–water partition coefficient (Wildman–Crippen LogP) is 7.32. The summed E-state index contributed by atoms with van der Waals surface area (Å²) in [7, 11) is 0. The molecule has 0 aromatic rings. The molecular formula is C28H44O2. The van der Waals surface area contributed by atoms with E-state index < -0.39 is 0 Å². The van der Waals surface area contributed by atoms with Gasteiger partial charge in [0, 0.05) is 12.3 Å². The molecule has 0 amide bonds. The van der Waals surface area contributed by atoms with Crippen LogP contribution < -0.4 is 0 Å². The molecule has 168 valence electrons. The van der Waals surface area contributed by atoms with Gasteiger partial charge in [0.2, 0.25) is 0 Å². The van der Waals surface area contributed by atoms with Crippen LogP contribution in [0.2, 0.25) is 0 Å². The highest BCUT2D eigenvalue weighted by molar-refractivity contribution is 5.66. The Kier molecular flexibility index (Phi) is 4.33. The Labute approximate surface area is 184 Å². The molecule has 2 unspecified atom stereocenters. The summed E-state index contributed by atoms with van der Waals surface area (Å²) in [5, 5.41) is 0. The normalized spacial score (nSPS) is 53.8. The average molecular weight is 413 g/mol. The number of carbonyl (C=O) groups is 1. The Hall–Kier alpha value is -0.790. The van der Waals surface area contributed by atoms with Crippen molar-refractivity contribution in [1.29, 1.82) is 0 Å². The maximum absolute atomic E-state index is 11.8. The molecule has 8 atom stereocenters. The van der Waals surface area contributed by atoms with Crippen molar-refractivity contribution >= 4 is 5.97 Å². The zero-order valence-corrected chi connectivity index (χ0v) is 20.6. The van der Waals surface area contributed by atoms with Crippen LogP contribution >= 0.6 is 0 Å². The van der Waals surface area contributed by atoms with Gasteiger partial charge >= 0.3 is 5.97 Å². The van der Waals surface area contributed by atoms with Crippen LogP contribution in [0.3, 0.4) is 0 Å². The summed E-state index contributed by atoms with van der Waals surface area (Å²) in [6.07, 6.45) is 14.7. The largest absolute Gasteiger partial charge is 0.462 e. The van der Waals surface area contributed by atoms with Crippen LogP contribution in [0.5, 0.6) is 0 Å². The first kappa shape index (κ1) is 21.1. The fourth-order valence-electron chi connectivity index (χ4n) is 10.7. The van der Waals surface area contributed by atoms with Crippen LogP contribution in [0.4, 0.5) is 0 Å². The number of carbonyl (C=O) groups excluding carboxylic acids is 1. The van der Waals surface area contributed by atoms with Gasteiger partial charge in [-0.1, -0.05) is 39.3 Å². The molecular weight excluding hydrogens is 368 g/mol. The van der Waals surface area contributed by atoms with E-state index in [2.05, 4.69) is 47.6 Å². The van der Waals surface area contributed by atoms with Crippen molar-refractivity contribution in [2.45, 2.75) is 112 Å². The molecule has 0 heterocycles. The van der Waals surface area contributed by atoms with E-state index in [0.29, 0.717) is 21.7 Å². The summed E-state index contributed by atoms with van der Waals surface area (Å²) < 4.78 is 5.87. The Balaban J connectivity index is 1.48. The molecule has 30 heavy (non-hydrogen) atoms. The number of fused-ring (bicyclic) bond motifs is 2. The van der Waals surface area contributed by atoms with Crippen molar-refractivity contribution in [2.24, 2.45) is 44.8 Å². The lowest BCUT2D eigenvalue weighted by Gasteiger charge is -2.63. The summed E-state index contributed by atoms with van der Waals surface area (Å²) >= 11 is 0. The quantitative estimate of drug-likeness (QED) is 0.351. The molecule has 2 nitrogen and oxygen atoms in total. The van der Waals surface area contributed by atoms with E-state index in [-0.39, 0.29) is 17.5 Å². The Morgan fingerprint density at radius 2 is 1.50 bits per heavy atom. The number of ether oxygens (including phenoxy) is 1. The second-order valence-electron chi connectivity index (χ2n) is 13.1. The highest BCUT2D eigenvalue weighted by Crippen LogP contribution is 2.89.